The van der Waals surface area contributed by atoms with Gasteiger partial charge in [0.05, 0.1) is 25.2 Å². The van der Waals surface area contributed by atoms with Crippen LogP contribution in [0.2, 0.25) is 0 Å². The van der Waals surface area contributed by atoms with E-state index in [1.165, 1.54) is 6.42 Å². The molecule has 2 rings (SSSR count). The van der Waals surface area contributed by atoms with Crippen molar-refractivity contribution in [1.29, 1.82) is 0 Å². The van der Waals surface area contributed by atoms with Crippen LogP contribution in [0.15, 0.2) is 0 Å². The highest BCUT2D eigenvalue weighted by atomic mass is 16.7. The first-order valence-electron chi connectivity index (χ1n) is 10.0. The van der Waals surface area contributed by atoms with Crippen molar-refractivity contribution >= 4 is 5.97 Å². The second-order valence-electron chi connectivity index (χ2n) is 9.57. The zero-order chi connectivity index (χ0) is 18.8. The van der Waals surface area contributed by atoms with Gasteiger partial charge in [0, 0.05) is 11.8 Å². The fourth-order valence-electron chi connectivity index (χ4n) is 4.49. The van der Waals surface area contributed by atoms with Crippen LogP contribution in [0.25, 0.3) is 0 Å². The molecule has 1 unspecified atom stereocenters. The number of rotatable bonds is 6. The first-order chi connectivity index (χ1) is 11.6. The fraction of sp³-hybridized carbons (Fsp3) is 0.952. The predicted octanol–water partition coefficient (Wildman–Crippen LogP) is 4.66. The second-order valence-corrected chi connectivity index (χ2v) is 9.57. The van der Waals surface area contributed by atoms with E-state index in [1.54, 1.807) is 0 Å². The maximum Gasteiger partial charge on any atom is 0.311 e. The standard InChI is InChI=1S/C21H38O4/c1-8-20(4,5)19(22)25-13-16-15(14(2)3)9-10-21(6,7)17(16)18-23-11-12-24-18/h14-18H,8-13H2,1-7H3/t15-,16-,17?/m0/s1. The summed E-state index contributed by atoms with van der Waals surface area (Å²) < 4.78 is 17.7. The number of hydrogen-bond acceptors (Lipinski definition) is 4. The Labute approximate surface area is 154 Å². The molecular weight excluding hydrogens is 316 g/mol. The van der Waals surface area contributed by atoms with Crippen molar-refractivity contribution in [1.82, 2.24) is 0 Å². The van der Waals surface area contributed by atoms with Crippen molar-refractivity contribution in [2.24, 2.45) is 34.5 Å². The largest absolute Gasteiger partial charge is 0.465 e. The van der Waals surface area contributed by atoms with Crippen LogP contribution >= 0.6 is 0 Å². The SMILES string of the molecule is CCC(C)(C)C(=O)OC[C@@H]1C(C2OCCO2)C(C)(C)CC[C@H]1C(C)C. The molecule has 0 bridgehead atoms. The van der Waals surface area contributed by atoms with Crippen LogP contribution in [0, 0.1) is 34.5 Å². The summed E-state index contributed by atoms with van der Waals surface area (Å²) in [6, 6.07) is 0. The van der Waals surface area contributed by atoms with Crippen molar-refractivity contribution in [2.45, 2.75) is 74.0 Å². The molecule has 4 heteroatoms. The van der Waals surface area contributed by atoms with Crippen molar-refractivity contribution in [2.75, 3.05) is 19.8 Å². The fourth-order valence-corrected chi connectivity index (χ4v) is 4.49. The van der Waals surface area contributed by atoms with Gasteiger partial charge in [-0.15, -0.1) is 0 Å². The lowest BCUT2D eigenvalue weighted by atomic mass is 9.57. The molecule has 25 heavy (non-hydrogen) atoms. The molecule has 0 aromatic carbocycles. The van der Waals surface area contributed by atoms with Gasteiger partial charge in [-0.25, -0.2) is 0 Å². The molecular formula is C21H38O4. The number of carbonyl (C=O) groups excluding carboxylic acids is 1. The van der Waals surface area contributed by atoms with E-state index in [-0.39, 0.29) is 29.5 Å². The van der Waals surface area contributed by atoms with Crippen LogP contribution in [0.3, 0.4) is 0 Å². The van der Waals surface area contributed by atoms with Crippen molar-refractivity contribution < 1.29 is 19.0 Å². The van der Waals surface area contributed by atoms with Gasteiger partial charge in [0.2, 0.25) is 0 Å². The van der Waals surface area contributed by atoms with E-state index in [0.717, 1.165) is 12.8 Å². The van der Waals surface area contributed by atoms with E-state index in [4.69, 9.17) is 14.2 Å². The minimum Gasteiger partial charge on any atom is -0.465 e. The summed E-state index contributed by atoms with van der Waals surface area (Å²) in [6.07, 6.45) is 2.95. The molecule has 2 fully saturated rings. The van der Waals surface area contributed by atoms with Crippen LogP contribution < -0.4 is 0 Å². The molecule has 4 nitrogen and oxygen atoms in total. The van der Waals surface area contributed by atoms with Crippen LogP contribution in [0.5, 0.6) is 0 Å². The van der Waals surface area contributed by atoms with Crippen LogP contribution in [0.4, 0.5) is 0 Å². The summed E-state index contributed by atoms with van der Waals surface area (Å²) in [4.78, 5) is 12.5. The molecule has 0 N–H and O–H groups in total. The number of ether oxygens (including phenoxy) is 3. The highest BCUT2D eigenvalue weighted by Crippen LogP contribution is 2.51. The third-order valence-corrected chi connectivity index (χ3v) is 6.68. The first-order valence-corrected chi connectivity index (χ1v) is 10.0. The van der Waals surface area contributed by atoms with E-state index >= 15 is 0 Å². The zero-order valence-electron chi connectivity index (χ0n) is 17.3. The molecule has 1 aliphatic heterocycles. The lowest BCUT2D eigenvalue weighted by Crippen LogP contribution is -2.50. The molecule has 0 aromatic rings. The van der Waals surface area contributed by atoms with Crippen LogP contribution in [-0.4, -0.2) is 32.1 Å². The Hall–Kier alpha value is -0.610. The maximum absolute atomic E-state index is 12.5. The number of hydrogen-bond donors (Lipinski definition) is 0. The average molecular weight is 355 g/mol. The molecule has 1 saturated carbocycles. The van der Waals surface area contributed by atoms with Gasteiger partial charge in [0.15, 0.2) is 6.29 Å². The minimum absolute atomic E-state index is 0.0899. The molecule has 0 amide bonds. The highest BCUT2D eigenvalue weighted by molar-refractivity contribution is 5.75. The maximum atomic E-state index is 12.5. The van der Waals surface area contributed by atoms with E-state index in [2.05, 4.69) is 27.7 Å². The summed E-state index contributed by atoms with van der Waals surface area (Å²) in [6.45, 7) is 16.9. The Kier molecular flexibility index (Phi) is 6.59. The first kappa shape index (κ1) is 20.7. The van der Waals surface area contributed by atoms with Crippen molar-refractivity contribution in [3.05, 3.63) is 0 Å². The topological polar surface area (TPSA) is 44.8 Å². The van der Waals surface area contributed by atoms with Gasteiger partial charge in [0.1, 0.15) is 0 Å². The quantitative estimate of drug-likeness (QED) is 0.651. The number of esters is 1. The Balaban J connectivity index is 2.20. The lowest BCUT2D eigenvalue weighted by Gasteiger charge is -2.50. The predicted molar refractivity (Wildman–Crippen MR) is 99.0 cm³/mol. The van der Waals surface area contributed by atoms with Gasteiger partial charge in [0.25, 0.3) is 0 Å². The Morgan fingerprint density at radius 1 is 1.24 bits per heavy atom. The van der Waals surface area contributed by atoms with Gasteiger partial charge in [-0.3, -0.25) is 4.79 Å². The Morgan fingerprint density at radius 3 is 2.36 bits per heavy atom. The third-order valence-electron chi connectivity index (χ3n) is 6.68. The van der Waals surface area contributed by atoms with E-state index in [1.807, 2.05) is 20.8 Å². The average Bonchev–Trinajstić information content (AvgIpc) is 3.04. The second kappa shape index (κ2) is 7.96. The van der Waals surface area contributed by atoms with E-state index < -0.39 is 5.41 Å². The zero-order valence-corrected chi connectivity index (χ0v) is 17.3. The van der Waals surface area contributed by atoms with Crippen molar-refractivity contribution in [3.63, 3.8) is 0 Å². The van der Waals surface area contributed by atoms with Crippen LogP contribution in [-0.2, 0) is 19.0 Å². The molecule has 0 aromatic heterocycles. The smallest absolute Gasteiger partial charge is 0.311 e. The normalized spacial score (nSPS) is 30.6. The van der Waals surface area contributed by atoms with E-state index in [0.29, 0.717) is 31.7 Å². The molecule has 0 spiro atoms. The Morgan fingerprint density at radius 2 is 1.84 bits per heavy atom. The summed E-state index contributed by atoms with van der Waals surface area (Å²) in [7, 11) is 0. The van der Waals surface area contributed by atoms with Crippen molar-refractivity contribution in [3.8, 4) is 0 Å². The molecule has 1 heterocycles. The van der Waals surface area contributed by atoms with Gasteiger partial charge in [-0.05, 0) is 50.4 Å². The highest BCUT2D eigenvalue weighted by Gasteiger charge is 2.50. The molecule has 146 valence electrons. The summed E-state index contributed by atoms with van der Waals surface area (Å²) in [5, 5.41) is 0. The third kappa shape index (κ3) is 4.57. The van der Waals surface area contributed by atoms with Gasteiger partial charge >= 0.3 is 5.97 Å². The minimum atomic E-state index is -0.423. The van der Waals surface area contributed by atoms with Gasteiger partial charge in [-0.2, -0.15) is 0 Å². The molecule has 1 saturated heterocycles. The summed E-state index contributed by atoms with van der Waals surface area (Å²) >= 11 is 0. The summed E-state index contributed by atoms with van der Waals surface area (Å²) in [5.41, 5.74) is -0.300. The molecule has 3 atom stereocenters. The monoisotopic (exact) mass is 354 g/mol. The molecule has 2 aliphatic rings. The molecule has 0 radical (unpaired) electrons. The number of carbonyl (C=O) groups is 1. The molecule has 1 aliphatic carbocycles. The van der Waals surface area contributed by atoms with E-state index in [9.17, 15) is 4.79 Å². The lowest BCUT2D eigenvalue weighted by molar-refractivity contribution is -0.182. The van der Waals surface area contributed by atoms with Crippen LogP contribution in [0.1, 0.15) is 67.7 Å². The Bertz CT molecular complexity index is 449. The summed E-state index contributed by atoms with van der Waals surface area (Å²) in [5.74, 6) is 1.54. The van der Waals surface area contributed by atoms with Gasteiger partial charge < -0.3 is 14.2 Å². The van der Waals surface area contributed by atoms with Gasteiger partial charge in [-0.1, -0.05) is 34.6 Å².